The van der Waals surface area contributed by atoms with Gasteiger partial charge in [-0.3, -0.25) is 0 Å². The molecule has 0 atom stereocenters. The van der Waals surface area contributed by atoms with Crippen molar-refractivity contribution in [3.63, 3.8) is 0 Å². The fraction of sp³-hybridized carbons (Fsp3) is 0.467. The number of fused-ring (bicyclic) bond motifs is 1. The van der Waals surface area contributed by atoms with Gasteiger partial charge in [0.1, 0.15) is 0 Å². The summed E-state index contributed by atoms with van der Waals surface area (Å²) in [4.78, 5) is 0. The van der Waals surface area contributed by atoms with Crippen molar-refractivity contribution in [2.75, 3.05) is 21.3 Å². The molecule has 0 N–H and O–H groups in total. The average molecular weight is 293 g/mol. The molecule has 1 aromatic heterocycles. The summed E-state index contributed by atoms with van der Waals surface area (Å²) in [6.45, 7) is 3.10. The maximum absolute atomic E-state index is 5.46. The molecule has 0 fully saturated rings. The SMILES string of the molecule is CO[Si](CCCn1c(C)cc2ccccc21)(OC)OC. The first-order chi connectivity index (χ1) is 9.65. The molecule has 1 aromatic carbocycles. The first-order valence-electron chi connectivity index (χ1n) is 6.86. The van der Waals surface area contributed by atoms with Crippen molar-refractivity contribution in [1.29, 1.82) is 0 Å². The van der Waals surface area contributed by atoms with E-state index in [1.54, 1.807) is 21.3 Å². The van der Waals surface area contributed by atoms with Gasteiger partial charge in [0.2, 0.25) is 0 Å². The lowest BCUT2D eigenvalue weighted by molar-refractivity contribution is 0.122. The molecule has 0 amide bonds. The lowest BCUT2D eigenvalue weighted by Crippen LogP contribution is -2.42. The Kier molecular flexibility index (Phi) is 4.99. The van der Waals surface area contributed by atoms with Crippen LogP contribution in [0.5, 0.6) is 0 Å². The molecule has 5 heteroatoms. The summed E-state index contributed by atoms with van der Waals surface area (Å²) in [6, 6.07) is 11.5. The average Bonchev–Trinajstić information content (AvgIpc) is 2.80. The maximum Gasteiger partial charge on any atom is 0.500 e. The summed E-state index contributed by atoms with van der Waals surface area (Å²) in [7, 11) is 2.54. The molecule has 0 aliphatic rings. The van der Waals surface area contributed by atoms with Crippen molar-refractivity contribution < 1.29 is 13.3 Å². The van der Waals surface area contributed by atoms with Gasteiger partial charge in [0.15, 0.2) is 0 Å². The second kappa shape index (κ2) is 6.54. The number of nitrogens with zero attached hydrogens (tertiary/aromatic N) is 1. The zero-order chi connectivity index (χ0) is 14.6. The first kappa shape index (κ1) is 15.2. The fourth-order valence-corrected chi connectivity index (χ4v) is 4.36. The van der Waals surface area contributed by atoms with E-state index in [2.05, 4.69) is 41.8 Å². The highest BCUT2D eigenvalue weighted by atomic mass is 28.4. The lowest BCUT2D eigenvalue weighted by atomic mass is 10.2. The van der Waals surface area contributed by atoms with Gasteiger partial charge in [0.05, 0.1) is 0 Å². The summed E-state index contributed by atoms with van der Waals surface area (Å²) in [5.74, 6) is 0. The summed E-state index contributed by atoms with van der Waals surface area (Å²) in [5.41, 5.74) is 2.57. The zero-order valence-corrected chi connectivity index (χ0v) is 13.7. The van der Waals surface area contributed by atoms with E-state index in [0.29, 0.717) is 0 Å². The number of aromatic nitrogens is 1. The van der Waals surface area contributed by atoms with Crippen LogP contribution in [0.4, 0.5) is 0 Å². The highest BCUT2D eigenvalue weighted by Gasteiger charge is 2.36. The monoisotopic (exact) mass is 293 g/mol. The van der Waals surface area contributed by atoms with Crippen molar-refractivity contribution in [2.24, 2.45) is 0 Å². The van der Waals surface area contributed by atoms with Gasteiger partial charge in [0.25, 0.3) is 0 Å². The summed E-state index contributed by atoms with van der Waals surface area (Å²) >= 11 is 0. The Hall–Kier alpha value is -1.14. The van der Waals surface area contributed by atoms with Crippen molar-refractivity contribution in [3.8, 4) is 0 Å². The predicted molar refractivity (Wildman–Crippen MR) is 82.9 cm³/mol. The molecule has 0 unspecified atom stereocenters. The molecule has 0 radical (unpaired) electrons. The third kappa shape index (κ3) is 2.96. The van der Waals surface area contributed by atoms with E-state index in [1.165, 1.54) is 16.6 Å². The fourth-order valence-electron chi connectivity index (χ4n) is 2.66. The molecule has 20 heavy (non-hydrogen) atoms. The van der Waals surface area contributed by atoms with E-state index in [4.69, 9.17) is 13.3 Å². The number of hydrogen-bond donors (Lipinski definition) is 0. The minimum Gasteiger partial charge on any atom is -0.377 e. The van der Waals surface area contributed by atoms with Crippen LogP contribution in [-0.2, 0) is 19.8 Å². The Morgan fingerprint density at radius 2 is 1.70 bits per heavy atom. The van der Waals surface area contributed by atoms with Gasteiger partial charge in [-0.1, -0.05) is 18.2 Å². The summed E-state index contributed by atoms with van der Waals surface area (Å²) < 4.78 is 18.7. The van der Waals surface area contributed by atoms with E-state index in [9.17, 15) is 0 Å². The van der Waals surface area contributed by atoms with Gasteiger partial charge >= 0.3 is 8.80 Å². The molecule has 0 spiro atoms. The number of aryl methyl sites for hydroxylation is 2. The molecule has 0 bridgehead atoms. The van der Waals surface area contributed by atoms with E-state index in [-0.39, 0.29) is 0 Å². The smallest absolute Gasteiger partial charge is 0.377 e. The molecule has 4 nitrogen and oxygen atoms in total. The molecular formula is C15H23NO3Si. The van der Waals surface area contributed by atoms with Crippen LogP contribution in [0.15, 0.2) is 30.3 Å². The topological polar surface area (TPSA) is 32.6 Å². The van der Waals surface area contributed by atoms with Crippen LogP contribution in [0, 0.1) is 6.92 Å². The van der Waals surface area contributed by atoms with Gasteiger partial charge in [-0.05, 0) is 30.9 Å². The lowest BCUT2D eigenvalue weighted by Gasteiger charge is -2.24. The third-order valence-corrected chi connectivity index (χ3v) is 6.65. The Morgan fingerprint density at radius 1 is 1.05 bits per heavy atom. The van der Waals surface area contributed by atoms with Crippen LogP contribution in [-0.4, -0.2) is 34.7 Å². The Labute approximate surface area is 121 Å². The van der Waals surface area contributed by atoms with Gasteiger partial charge in [-0.25, -0.2) is 0 Å². The van der Waals surface area contributed by atoms with Gasteiger partial charge in [-0.15, -0.1) is 0 Å². The van der Waals surface area contributed by atoms with E-state index < -0.39 is 8.80 Å². The van der Waals surface area contributed by atoms with Crippen LogP contribution in [0.25, 0.3) is 10.9 Å². The van der Waals surface area contributed by atoms with Crippen LogP contribution in [0.3, 0.4) is 0 Å². The molecule has 2 rings (SSSR count). The van der Waals surface area contributed by atoms with Gasteiger partial charge < -0.3 is 17.8 Å². The van der Waals surface area contributed by atoms with Crippen LogP contribution in [0.2, 0.25) is 6.04 Å². The molecule has 1 heterocycles. The largest absolute Gasteiger partial charge is 0.500 e. The minimum absolute atomic E-state index is 0.822. The molecule has 110 valence electrons. The maximum atomic E-state index is 5.46. The third-order valence-electron chi connectivity index (χ3n) is 3.82. The summed E-state index contributed by atoms with van der Waals surface area (Å²) in [6.07, 6.45) is 0.973. The van der Waals surface area contributed by atoms with Crippen molar-refractivity contribution >= 4 is 19.7 Å². The molecule has 0 aliphatic carbocycles. The first-order valence-corrected chi connectivity index (χ1v) is 8.79. The van der Waals surface area contributed by atoms with Gasteiger partial charge in [0, 0.05) is 45.1 Å². The zero-order valence-electron chi connectivity index (χ0n) is 12.7. The standard InChI is InChI=1S/C15H23NO3Si/c1-13-12-14-8-5-6-9-15(14)16(13)10-7-11-20(17-2,18-3)19-4/h5-6,8-9,12H,7,10-11H2,1-4H3. The normalized spacial score (nSPS) is 12.2. The second-order valence-corrected chi connectivity index (χ2v) is 7.99. The number of hydrogen-bond acceptors (Lipinski definition) is 3. The van der Waals surface area contributed by atoms with Crippen molar-refractivity contribution in [2.45, 2.75) is 25.9 Å². The molecule has 0 saturated carbocycles. The Bertz CT molecular complexity index is 555. The molecular weight excluding hydrogens is 270 g/mol. The minimum atomic E-state index is -2.45. The van der Waals surface area contributed by atoms with Crippen LogP contribution >= 0.6 is 0 Å². The van der Waals surface area contributed by atoms with Crippen LogP contribution in [0.1, 0.15) is 12.1 Å². The predicted octanol–water partition coefficient (Wildman–Crippen LogP) is 3.22. The van der Waals surface area contributed by atoms with E-state index in [1.807, 2.05) is 0 Å². The quantitative estimate of drug-likeness (QED) is 0.735. The highest BCUT2D eigenvalue weighted by Crippen LogP contribution is 2.21. The second-order valence-electron chi connectivity index (χ2n) is 4.90. The number of rotatable bonds is 7. The van der Waals surface area contributed by atoms with Crippen molar-refractivity contribution in [1.82, 2.24) is 4.57 Å². The number of para-hydroxylation sites is 1. The van der Waals surface area contributed by atoms with Crippen molar-refractivity contribution in [3.05, 3.63) is 36.0 Å². The van der Waals surface area contributed by atoms with E-state index in [0.717, 1.165) is 19.0 Å². The summed E-state index contributed by atoms with van der Waals surface area (Å²) in [5, 5.41) is 1.29. The van der Waals surface area contributed by atoms with E-state index >= 15 is 0 Å². The highest BCUT2D eigenvalue weighted by molar-refractivity contribution is 6.60. The Morgan fingerprint density at radius 3 is 2.35 bits per heavy atom. The Balaban J connectivity index is 2.08. The number of benzene rings is 1. The molecule has 0 aliphatic heterocycles. The van der Waals surface area contributed by atoms with Crippen LogP contribution < -0.4 is 0 Å². The molecule has 0 saturated heterocycles. The molecule has 2 aromatic rings. The van der Waals surface area contributed by atoms with Gasteiger partial charge in [-0.2, -0.15) is 0 Å².